The number of imidazole rings is 1. The lowest BCUT2D eigenvalue weighted by Crippen LogP contribution is -2.34. The Labute approximate surface area is 211 Å². The summed E-state index contributed by atoms with van der Waals surface area (Å²) < 4.78 is 6.19. The fourth-order valence-electron chi connectivity index (χ4n) is 4.77. The van der Waals surface area contributed by atoms with E-state index < -0.39 is 0 Å². The SMILES string of the molecule is c1cc(-c2cncc3[nH]c(-c4n[nH]c5cnc(-c6cncc(OC7CCNCC7)c6)cc45)nc23)ccn1. The molecule has 0 amide bonds. The molecule has 0 unspecified atom stereocenters. The monoisotopic (exact) mass is 489 g/mol. The van der Waals surface area contributed by atoms with Crippen molar-refractivity contribution in [2.75, 3.05) is 13.1 Å². The quantitative estimate of drug-likeness (QED) is 0.329. The summed E-state index contributed by atoms with van der Waals surface area (Å²) in [4.78, 5) is 25.9. The highest BCUT2D eigenvalue weighted by atomic mass is 16.5. The van der Waals surface area contributed by atoms with Gasteiger partial charge in [0.15, 0.2) is 5.82 Å². The molecule has 0 saturated carbocycles. The molecule has 0 atom stereocenters. The molecule has 0 bridgehead atoms. The van der Waals surface area contributed by atoms with E-state index in [4.69, 9.17) is 9.72 Å². The van der Waals surface area contributed by atoms with Crippen molar-refractivity contribution in [3.05, 3.63) is 67.6 Å². The third-order valence-electron chi connectivity index (χ3n) is 6.65. The van der Waals surface area contributed by atoms with Gasteiger partial charge in [0.05, 0.1) is 40.8 Å². The van der Waals surface area contributed by atoms with E-state index in [1.165, 1.54) is 0 Å². The third kappa shape index (κ3) is 4.07. The van der Waals surface area contributed by atoms with Crippen LogP contribution in [0.4, 0.5) is 0 Å². The van der Waals surface area contributed by atoms with Crippen LogP contribution in [0.15, 0.2) is 67.6 Å². The van der Waals surface area contributed by atoms with Gasteiger partial charge in [0.2, 0.25) is 0 Å². The highest BCUT2D eigenvalue weighted by molar-refractivity contribution is 5.97. The molecule has 182 valence electrons. The molecule has 37 heavy (non-hydrogen) atoms. The number of hydrogen-bond donors (Lipinski definition) is 3. The fourth-order valence-corrected chi connectivity index (χ4v) is 4.77. The Morgan fingerprint density at radius 2 is 1.70 bits per heavy atom. The number of H-pyrrole nitrogens is 2. The molecule has 1 saturated heterocycles. The summed E-state index contributed by atoms with van der Waals surface area (Å²) in [5.41, 5.74) is 6.80. The van der Waals surface area contributed by atoms with Gasteiger partial charge < -0.3 is 15.0 Å². The first-order chi connectivity index (χ1) is 18.3. The number of aromatic amines is 2. The first-order valence-electron chi connectivity index (χ1n) is 12.2. The lowest BCUT2D eigenvalue weighted by Gasteiger charge is -2.23. The van der Waals surface area contributed by atoms with E-state index in [9.17, 15) is 0 Å². The molecular weight excluding hydrogens is 466 g/mol. The van der Waals surface area contributed by atoms with Crippen LogP contribution in [0, 0.1) is 0 Å². The molecule has 1 aliphatic rings. The van der Waals surface area contributed by atoms with Crippen LogP contribution in [0.25, 0.3) is 55.8 Å². The zero-order valence-electron chi connectivity index (χ0n) is 19.8. The van der Waals surface area contributed by atoms with Crippen LogP contribution in [0.2, 0.25) is 0 Å². The number of rotatable bonds is 5. The molecule has 7 rings (SSSR count). The highest BCUT2D eigenvalue weighted by Crippen LogP contribution is 2.32. The van der Waals surface area contributed by atoms with E-state index >= 15 is 0 Å². The van der Waals surface area contributed by atoms with Crippen molar-refractivity contribution >= 4 is 21.9 Å². The highest BCUT2D eigenvalue weighted by Gasteiger charge is 2.18. The Hall–Kier alpha value is -4.70. The molecule has 1 fully saturated rings. The molecular formula is C27H23N9O. The Balaban J connectivity index is 1.26. The summed E-state index contributed by atoms with van der Waals surface area (Å²) in [6, 6.07) is 7.90. The predicted molar refractivity (Wildman–Crippen MR) is 140 cm³/mol. The number of pyridine rings is 4. The molecule has 0 radical (unpaired) electrons. The molecule has 0 spiro atoms. The van der Waals surface area contributed by atoms with E-state index in [-0.39, 0.29) is 6.10 Å². The Morgan fingerprint density at radius 1 is 0.838 bits per heavy atom. The van der Waals surface area contributed by atoms with Crippen molar-refractivity contribution in [2.24, 2.45) is 0 Å². The normalized spacial score (nSPS) is 14.4. The van der Waals surface area contributed by atoms with Crippen molar-refractivity contribution in [1.82, 2.24) is 45.4 Å². The lowest BCUT2D eigenvalue weighted by molar-refractivity contribution is 0.162. The molecule has 3 N–H and O–H groups in total. The van der Waals surface area contributed by atoms with Gasteiger partial charge in [0.25, 0.3) is 0 Å². The fraction of sp³-hybridized carbons (Fsp3) is 0.185. The summed E-state index contributed by atoms with van der Waals surface area (Å²) in [6.45, 7) is 1.95. The van der Waals surface area contributed by atoms with Crippen LogP contribution in [-0.4, -0.2) is 59.3 Å². The van der Waals surface area contributed by atoms with E-state index in [2.05, 4.69) is 40.4 Å². The van der Waals surface area contributed by atoms with Gasteiger partial charge in [-0.25, -0.2) is 4.98 Å². The van der Waals surface area contributed by atoms with Crippen molar-refractivity contribution in [3.8, 4) is 39.7 Å². The minimum atomic E-state index is 0.203. The van der Waals surface area contributed by atoms with Gasteiger partial charge >= 0.3 is 0 Å². The molecule has 6 aromatic heterocycles. The smallest absolute Gasteiger partial charge is 0.159 e. The molecule has 10 heteroatoms. The van der Waals surface area contributed by atoms with Crippen LogP contribution in [0.3, 0.4) is 0 Å². The predicted octanol–water partition coefficient (Wildman–Crippen LogP) is 4.15. The van der Waals surface area contributed by atoms with Crippen LogP contribution in [0.1, 0.15) is 12.8 Å². The Morgan fingerprint density at radius 3 is 2.59 bits per heavy atom. The maximum atomic E-state index is 6.19. The number of nitrogens with zero attached hydrogens (tertiary/aromatic N) is 6. The van der Waals surface area contributed by atoms with Gasteiger partial charge in [-0.05, 0) is 55.8 Å². The molecule has 6 aromatic rings. The van der Waals surface area contributed by atoms with Crippen LogP contribution in [0.5, 0.6) is 5.75 Å². The number of nitrogens with one attached hydrogen (secondary N) is 3. The largest absolute Gasteiger partial charge is 0.489 e. The average molecular weight is 490 g/mol. The van der Waals surface area contributed by atoms with Gasteiger partial charge in [0.1, 0.15) is 17.5 Å². The third-order valence-corrected chi connectivity index (χ3v) is 6.65. The first kappa shape index (κ1) is 21.6. The average Bonchev–Trinajstić information content (AvgIpc) is 3.58. The van der Waals surface area contributed by atoms with Crippen molar-refractivity contribution < 1.29 is 4.74 Å². The zero-order valence-corrected chi connectivity index (χ0v) is 19.8. The lowest BCUT2D eigenvalue weighted by atomic mass is 10.1. The van der Waals surface area contributed by atoms with Crippen LogP contribution >= 0.6 is 0 Å². The summed E-state index contributed by atoms with van der Waals surface area (Å²) >= 11 is 0. The second-order valence-corrected chi connectivity index (χ2v) is 9.07. The first-order valence-corrected chi connectivity index (χ1v) is 12.2. The van der Waals surface area contributed by atoms with Gasteiger partial charge in [-0.2, -0.15) is 5.10 Å². The Kier molecular flexibility index (Phi) is 5.29. The van der Waals surface area contributed by atoms with E-state index in [0.29, 0.717) is 11.5 Å². The topological polar surface area (TPSA) is 130 Å². The summed E-state index contributed by atoms with van der Waals surface area (Å²) in [5.74, 6) is 1.41. The zero-order chi connectivity index (χ0) is 24.6. The molecule has 1 aliphatic heterocycles. The molecule has 0 aliphatic carbocycles. The maximum absolute atomic E-state index is 6.19. The van der Waals surface area contributed by atoms with E-state index in [1.54, 1.807) is 37.2 Å². The summed E-state index contributed by atoms with van der Waals surface area (Å²) in [7, 11) is 0. The van der Waals surface area contributed by atoms with Gasteiger partial charge in [-0.15, -0.1) is 0 Å². The standard InChI is InChI=1S/C27H23N9O/c1-5-28-6-2-16(1)21-13-31-14-24-25(21)34-27(33-24)26-20-10-22(32-15-23(20)35-36-26)17-9-19(12-30-11-17)37-18-3-7-29-8-4-18/h1-2,5-6,9-15,18,29H,3-4,7-8H2,(H,33,34)(H,35,36). The second-order valence-electron chi connectivity index (χ2n) is 9.07. The number of hydrogen-bond acceptors (Lipinski definition) is 8. The van der Waals surface area contributed by atoms with Gasteiger partial charge in [-0.3, -0.25) is 25.0 Å². The minimum absolute atomic E-state index is 0.203. The molecule has 10 nitrogen and oxygen atoms in total. The van der Waals surface area contributed by atoms with Gasteiger partial charge in [0, 0.05) is 41.3 Å². The van der Waals surface area contributed by atoms with Crippen molar-refractivity contribution in [1.29, 1.82) is 0 Å². The summed E-state index contributed by atoms with van der Waals surface area (Å²) in [5, 5.41) is 11.9. The van der Waals surface area contributed by atoms with E-state index in [1.807, 2.05) is 30.5 Å². The molecule has 7 heterocycles. The van der Waals surface area contributed by atoms with E-state index in [0.717, 1.165) is 76.0 Å². The summed E-state index contributed by atoms with van der Waals surface area (Å²) in [6.07, 6.45) is 14.6. The van der Waals surface area contributed by atoms with Crippen molar-refractivity contribution in [2.45, 2.75) is 18.9 Å². The number of fused-ring (bicyclic) bond motifs is 2. The second kappa shape index (κ2) is 9.07. The maximum Gasteiger partial charge on any atom is 0.159 e. The van der Waals surface area contributed by atoms with Crippen LogP contribution in [-0.2, 0) is 0 Å². The van der Waals surface area contributed by atoms with Crippen LogP contribution < -0.4 is 10.1 Å². The molecule has 0 aromatic carbocycles. The minimum Gasteiger partial charge on any atom is -0.489 e. The number of aromatic nitrogens is 8. The van der Waals surface area contributed by atoms with Gasteiger partial charge in [-0.1, -0.05) is 0 Å². The Bertz CT molecular complexity index is 1700. The number of piperidine rings is 1. The number of ether oxygens (including phenoxy) is 1. The van der Waals surface area contributed by atoms with Crippen molar-refractivity contribution in [3.63, 3.8) is 0 Å².